The molecule has 0 aromatic heterocycles. The molecule has 1 amide bonds. The first kappa shape index (κ1) is 20.1. The van der Waals surface area contributed by atoms with Crippen molar-refractivity contribution in [2.75, 3.05) is 13.6 Å². The second-order valence-corrected chi connectivity index (χ2v) is 8.13. The summed E-state index contributed by atoms with van der Waals surface area (Å²) in [6.45, 7) is -0.0438. The number of amides is 1. The highest BCUT2D eigenvalue weighted by atomic mass is 79.9. The van der Waals surface area contributed by atoms with Crippen LogP contribution in [0.5, 0.6) is 0 Å². The SMILES string of the molecule is C#CCNS(=O)(=O)c1ccc(C(=O)N(C)Cc2cc(Br)ccc2F)cc1. The Hall–Kier alpha value is -2.21. The fourth-order valence-corrected chi connectivity index (χ4v) is 3.55. The predicted octanol–water partition coefficient (Wildman–Crippen LogP) is 2.77. The van der Waals surface area contributed by atoms with Crippen LogP contribution >= 0.6 is 15.9 Å². The second-order valence-electron chi connectivity index (χ2n) is 5.45. The van der Waals surface area contributed by atoms with Crippen molar-refractivity contribution in [1.82, 2.24) is 9.62 Å². The van der Waals surface area contributed by atoms with Crippen molar-refractivity contribution < 1.29 is 17.6 Å². The topological polar surface area (TPSA) is 66.5 Å². The van der Waals surface area contributed by atoms with Crippen molar-refractivity contribution >= 4 is 31.9 Å². The number of nitrogens with zero attached hydrogens (tertiary/aromatic N) is 1. The lowest BCUT2D eigenvalue weighted by Gasteiger charge is -2.18. The minimum absolute atomic E-state index is 0.00462. The summed E-state index contributed by atoms with van der Waals surface area (Å²) < 4.78 is 40.7. The summed E-state index contributed by atoms with van der Waals surface area (Å²) in [6.07, 6.45) is 5.04. The van der Waals surface area contributed by atoms with Crippen molar-refractivity contribution in [3.63, 3.8) is 0 Å². The molecule has 0 saturated heterocycles. The van der Waals surface area contributed by atoms with Crippen LogP contribution in [0.4, 0.5) is 4.39 Å². The second kappa shape index (κ2) is 8.45. The van der Waals surface area contributed by atoms with Gasteiger partial charge in [-0.15, -0.1) is 6.42 Å². The van der Waals surface area contributed by atoms with Gasteiger partial charge in [0, 0.05) is 29.2 Å². The zero-order chi connectivity index (χ0) is 19.3. The van der Waals surface area contributed by atoms with E-state index in [0.717, 1.165) is 0 Å². The minimum Gasteiger partial charge on any atom is -0.337 e. The predicted molar refractivity (Wildman–Crippen MR) is 100 cm³/mol. The molecule has 0 heterocycles. The zero-order valence-electron chi connectivity index (χ0n) is 13.9. The van der Waals surface area contributed by atoms with Gasteiger partial charge in [0.2, 0.25) is 10.0 Å². The van der Waals surface area contributed by atoms with Crippen LogP contribution in [0.15, 0.2) is 51.8 Å². The summed E-state index contributed by atoms with van der Waals surface area (Å²) in [5.74, 6) is 1.42. The van der Waals surface area contributed by atoms with E-state index in [9.17, 15) is 17.6 Å². The number of hydrogen-bond donors (Lipinski definition) is 1. The molecule has 0 bridgehead atoms. The Morgan fingerprint density at radius 2 is 1.92 bits per heavy atom. The quantitative estimate of drug-likeness (QED) is 0.705. The first-order valence-corrected chi connectivity index (χ1v) is 9.75. The molecule has 8 heteroatoms. The van der Waals surface area contributed by atoms with E-state index in [-0.39, 0.29) is 23.9 Å². The maximum Gasteiger partial charge on any atom is 0.253 e. The highest BCUT2D eigenvalue weighted by molar-refractivity contribution is 9.10. The number of hydrogen-bond acceptors (Lipinski definition) is 3. The molecule has 0 unspecified atom stereocenters. The van der Waals surface area contributed by atoms with Gasteiger partial charge in [0.15, 0.2) is 0 Å². The van der Waals surface area contributed by atoms with Crippen LogP contribution in [0.2, 0.25) is 0 Å². The molecular formula is C18H16BrFN2O3S. The Kier molecular flexibility index (Phi) is 6.53. The number of terminal acetylenes is 1. The monoisotopic (exact) mass is 438 g/mol. The minimum atomic E-state index is -3.72. The van der Waals surface area contributed by atoms with Gasteiger partial charge < -0.3 is 4.90 Å². The number of benzene rings is 2. The Morgan fingerprint density at radius 3 is 2.54 bits per heavy atom. The first-order valence-electron chi connectivity index (χ1n) is 7.47. The van der Waals surface area contributed by atoms with E-state index in [0.29, 0.717) is 15.6 Å². The van der Waals surface area contributed by atoms with Crippen LogP contribution in [0.3, 0.4) is 0 Å². The molecule has 2 aromatic carbocycles. The molecule has 0 aliphatic heterocycles. The summed E-state index contributed by atoms with van der Waals surface area (Å²) in [5.41, 5.74) is 0.659. The Labute approximate surface area is 160 Å². The third-order valence-corrected chi connectivity index (χ3v) is 5.45. The van der Waals surface area contributed by atoms with Gasteiger partial charge in [0.05, 0.1) is 11.4 Å². The Bertz CT molecular complexity index is 953. The number of halogens is 2. The number of carbonyl (C=O) groups excluding carboxylic acids is 1. The number of nitrogens with one attached hydrogen (secondary N) is 1. The lowest BCUT2D eigenvalue weighted by atomic mass is 10.1. The van der Waals surface area contributed by atoms with Crippen LogP contribution in [-0.2, 0) is 16.6 Å². The molecule has 0 radical (unpaired) electrons. The van der Waals surface area contributed by atoms with Gasteiger partial charge in [0.25, 0.3) is 5.91 Å². The lowest BCUT2D eigenvalue weighted by Crippen LogP contribution is -2.27. The van der Waals surface area contributed by atoms with Crippen molar-refractivity contribution in [3.8, 4) is 12.3 Å². The molecule has 5 nitrogen and oxygen atoms in total. The summed E-state index contributed by atoms with van der Waals surface area (Å²) in [6, 6.07) is 9.95. The van der Waals surface area contributed by atoms with E-state index in [1.165, 1.54) is 35.2 Å². The molecule has 136 valence electrons. The molecule has 0 saturated carbocycles. The highest BCUT2D eigenvalue weighted by Gasteiger charge is 2.17. The molecule has 0 fully saturated rings. The van der Waals surface area contributed by atoms with Gasteiger partial charge in [-0.3, -0.25) is 4.79 Å². The highest BCUT2D eigenvalue weighted by Crippen LogP contribution is 2.18. The summed E-state index contributed by atoms with van der Waals surface area (Å²) in [7, 11) is -2.17. The van der Waals surface area contributed by atoms with Gasteiger partial charge in [-0.05, 0) is 42.5 Å². The molecule has 0 aliphatic carbocycles. The molecular weight excluding hydrogens is 423 g/mol. The fraction of sp³-hybridized carbons (Fsp3) is 0.167. The van der Waals surface area contributed by atoms with Crippen LogP contribution in [0.1, 0.15) is 15.9 Å². The molecule has 1 N–H and O–H groups in total. The smallest absolute Gasteiger partial charge is 0.253 e. The summed E-state index contributed by atoms with van der Waals surface area (Å²) in [4.78, 5) is 13.8. The third-order valence-electron chi connectivity index (χ3n) is 3.54. The standard InChI is InChI=1S/C18H16BrFN2O3S/c1-3-10-21-26(24,25)16-7-4-13(5-8-16)18(23)22(2)12-14-11-15(19)6-9-17(14)20/h1,4-9,11,21H,10,12H2,2H3. The van der Waals surface area contributed by atoms with Crippen molar-refractivity contribution in [2.24, 2.45) is 0 Å². The maximum atomic E-state index is 13.8. The van der Waals surface area contributed by atoms with E-state index >= 15 is 0 Å². The third kappa shape index (κ3) is 4.91. The van der Waals surface area contributed by atoms with Gasteiger partial charge in [-0.25, -0.2) is 12.8 Å². The van der Waals surface area contributed by atoms with Crippen molar-refractivity contribution in [3.05, 3.63) is 63.9 Å². The van der Waals surface area contributed by atoms with Crippen LogP contribution in [0, 0.1) is 18.2 Å². The van der Waals surface area contributed by atoms with Gasteiger partial charge >= 0.3 is 0 Å². The van der Waals surface area contributed by atoms with E-state index in [2.05, 4.69) is 26.6 Å². The van der Waals surface area contributed by atoms with Crippen molar-refractivity contribution in [1.29, 1.82) is 0 Å². The maximum absolute atomic E-state index is 13.8. The van der Waals surface area contributed by atoms with Gasteiger partial charge in [-0.1, -0.05) is 21.9 Å². The molecule has 0 aliphatic rings. The van der Waals surface area contributed by atoms with Crippen LogP contribution in [-0.4, -0.2) is 32.8 Å². The average molecular weight is 439 g/mol. The number of rotatable bonds is 6. The molecule has 0 atom stereocenters. The van der Waals surface area contributed by atoms with E-state index in [1.54, 1.807) is 19.2 Å². The summed E-state index contributed by atoms with van der Waals surface area (Å²) in [5, 5.41) is 0. The molecule has 0 spiro atoms. The van der Waals surface area contributed by atoms with Crippen molar-refractivity contribution in [2.45, 2.75) is 11.4 Å². The number of carbonyl (C=O) groups is 1. The van der Waals surface area contributed by atoms with Crippen LogP contribution in [0.25, 0.3) is 0 Å². The molecule has 2 rings (SSSR count). The average Bonchev–Trinajstić information content (AvgIpc) is 2.62. The largest absolute Gasteiger partial charge is 0.337 e. The number of sulfonamides is 1. The van der Waals surface area contributed by atoms with E-state index in [4.69, 9.17) is 6.42 Å². The van der Waals surface area contributed by atoms with Gasteiger partial charge in [-0.2, -0.15) is 4.72 Å². The summed E-state index contributed by atoms with van der Waals surface area (Å²) >= 11 is 3.27. The first-order chi connectivity index (χ1) is 12.2. The lowest BCUT2D eigenvalue weighted by molar-refractivity contribution is 0.0783. The fourth-order valence-electron chi connectivity index (χ4n) is 2.21. The normalized spacial score (nSPS) is 11.0. The Balaban J connectivity index is 2.14. The zero-order valence-corrected chi connectivity index (χ0v) is 16.3. The van der Waals surface area contributed by atoms with E-state index < -0.39 is 15.8 Å². The molecule has 2 aromatic rings. The van der Waals surface area contributed by atoms with Gasteiger partial charge in [0.1, 0.15) is 5.82 Å². The van der Waals surface area contributed by atoms with Crippen LogP contribution < -0.4 is 4.72 Å². The Morgan fingerprint density at radius 1 is 1.27 bits per heavy atom. The molecule has 26 heavy (non-hydrogen) atoms. The van der Waals surface area contributed by atoms with E-state index in [1.807, 2.05) is 0 Å².